The topological polar surface area (TPSA) is 85.1 Å². The minimum absolute atomic E-state index is 0.152. The van der Waals surface area contributed by atoms with Crippen molar-refractivity contribution in [1.29, 1.82) is 0 Å². The lowest BCUT2D eigenvalue weighted by Crippen LogP contribution is -2.11. The predicted octanol–water partition coefficient (Wildman–Crippen LogP) is 5.28. The number of halogens is 2. The number of amides is 1. The van der Waals surface area contributed by atoms with E-state index in [0.29, 0.717) is 26.4 Å². The highest BCUT2D eigenvalue weighted by molar-refractivity contribution is 7.14. The molecule has 3 aromatic rings. The number of aromatic nitrogens is 1. The van der Waals surface area contributed by atoms with Crippen LogP contribution in [-0.2, 0) is 0 Å². The van der Waals surface area contributed by atoms with Crippen LogP contribution < -0.4 is 5.32 Å². The lowest BCUT2D eigenvalue weighted by atomic mass is 10.2. The van der Waals surface area contributed by atoms with Crippen molar-refractivity contribution in [2.45, 2.75) is 0 Å². The van der Waals surface area contributed by atoms with Gasteiger partial charge in [0.25, 0.3) is 11.6 Å². The van der Waals surface area contributed by atoms with Crippen LogP contribution in [-0.4, -0.2) is 15.8 Å². The highest BCUT2D eigenvalue weighted by Crippen LogP contribution is 2.32. The summed E-state index contributed by atoms with van der Waals surface area (Å²) < 4.78 is 0. The van der Waals surface area contributed by atoms with Crippen molar-refractivity contribution >= 4 is 51.3 Å². The van der Waals surface area contributed by atoms with Gasteiger partial charge in [0.1, 0.15) is 0 Å². The van der Waals surface area contributed by atoms with Gasteiger partial charge in [0.05, 0.1) is 15.6 Å². The molecule has 126 valence electrons. The molecule has 9 heteroatoms. The van der Waals surface area contributed by atoms with Crippen LogP contribution in [0.25, 0.3) is 11.3 Å². The molecule has 0 atom stereocenters. The SMILES string of the molecule is O=C(Nc1nc(-c2ccc(Cl)cc2Cl)cs1)c1cccc([N+](=O)[O-])c1. The summed E-state index contributed by atoms with van der Waals surface area (Å²) in [5.41, 5.74) is 1.31. The Kier molecular flexibility index (Phi) is 4.98. The van der Waals surface area contributed by atoms with E-state index in [0.717, 1.165) is 0 Å². The summed E-state index contributed by atoms with van der Waals surface area (Å²) in [6.45, 7) is 0. The highest BCUT2D eigenvalue weighted by Gasteiger charge is 2.14. The quantitative estimate of drug-likeness (QED) is 0.482. The highest BCUT2D eigenvalue weighted by atomic mass is 35.5. The van der Waals surface area contributed by atoms with Gasteiger partial charge in [-0.1, -0.05) is 29.3 Å². The van der Waals surface area contributed by atoms with Gasteiger partial charge < -0.3 is 0 Å². The van der Waals surface area contributed by atoms with Gasteiger partial charge >= 0.3 is 0 Å². The average molecular weight is 394 g/mol. The van der Waals surface area contributed by atoms with Gasteiger partial charge in [0.2, 0.25) is 0 Å². The molecule has 2 aromatic carbocycles. The number of thiazole rings is 1. The van der Waals surface area contributed by atoms with Crippen molar-refractivity contribution in [1.82, 2.24) is 4.98 Å². The Morgan fingerprint density at radius 1 is 1.20 bits per heavy atom. The zero-order valence-corrected chi connectivity index (χ0v) is 14.7. The average Bonchev–Trinajstić information content (AvgIpc) is 3.03. The summed E-state index contributed by atoms with van der Waals surface area (Å²) in [5, 5.41) is 16.5. The van der Waals surface area contributed by atoms with E-state index in [4.69, 9.17) is 23.2 Å². The minimum Gasteiger partial charge on any atom is -0.298 e. The third-order valence-electron chi connectivity index (χ3n) is 3.25. The molecule has 0 radical (unpaired) electrons. The van der Waals surface area contributed by atoms with Crippen LogP contribution in [0.1, 0.15) is 10.4 Å². The normalized spacial score (nSPS) is 10.5. The van der Waals surface area contributed by atoms with Crippen LogP contribution in [0.4, 0.5) is 10.8 Å². The third-order valence-corrected chi connectivity index (χ3v) is 4.56. The zero-order chi connectivity index (χ0) is 18.0. The number of nitro benzene ring substituents is 1. The lowest BCUT2D eigenvalue weighted by Gasteiger charge is -2.02. The number of rotatable bonds is 4. The van der Waals surface area contributed by atoms with Crippen LogP contribution in [0.2, 0.25) is 10.0 Å². The Balaban J connectivity index is 1.80. The molecular weight excluding hydrogens is 385 g/mol. The number of carbonyl (C=O) groups excluding carboxylic acids is 1. The van der Waals surface area contributed by atoms with Gasteiger partial charge in [0, 0.05) is 33.7 Å². The summed E-state index contributed by atoms with van der Waals surface area (Å²) in [7, 11) is 0. The van der Waals surface area contributed by atoms with E-state index < -0.39 is 10.8 Å². The van der Waals surface area contributed by atoms with E-state index in [1.54, 1.807) is 23.6 Å². The molecule has 1 heterocycles. The smallest absolute Gasteiger partial charge is 0.270 e. The Morgan fingerprint density at radius 2 is 2.00 bits per heavy atom. The number of anilines is 1. The Hall–Kier alpha value is -2.48. The molecule has 1 amide bonds. The summed E-state index contributed by atoms with van der Waals surface area (Å²) >= 11 is 13.2. The van der Waals surface area contributed by atoms with E-state index in [-0.39, 0.29) is 11.3 Å². The maximum Gasteiger partial charge on any atom is 0.270 e. The molecule has 0 aliphatic heterocycles. The number of carbonyl (C=O) groups is 1. The first-order valence-corrected chi connectivity index (χ1v) is 8.54. The molecule has 6 nitrogen and oxygen atoms in total. The fourth-order valence-electron chi connectivity index (χ4n) is 2.08. The number of hydrogen-bond acceptors (Lipinski definition) is 5. The molecule has 0 aliphatic carbocycles. The van der Waals surface area contributed by atoms with Crippen molar-refractivity contribution in [2.24, 2.45) is 0 Å². The summed E-state index contributed by atoms with van der Waals surface area (Å²) in [6.07, 6.45) is 0. The molecule has 3 rings (SSSR count). The molecule has 0 fully saturated rings. The maximum atomic E-state index is 12.2. The van der Waals surface area contributed by atoms with Crippen LogP contribution in [0.15, 0.2) is 47.8 Å². The van der Waals surface area contributed by atoms with Crippen LogP contribution in [0.3, 0.4) is 0 Å². The van der Waals surface area contributed by atoms with Gasteiger partial charge in [0.15, 0.2) is 5.13 Å². The summed E-state index contributed by atoms with van der Waals surface area (Å²) in [4.78, 5) is 26.8. The molecule has 0 saturated heterocycles. The fraction of sp³-hybridized carbons (Fsp3) is 0. The number of benzene rings is 2. The molecule has 0 bridgehead atoms. The first-order chi connectivity index (χ1) is 11.9. The second kappa shape index (κ2) is 7.18. The van der Waals surface area contributed by atoms with Gasteiger partial charge in [-0.05, 0) is 24.3 Å². The summed E-state index contributed by atoms with van der Waals surface area (Å²) in [6, 6.07) is 10.5. The Labute approximate surface area is 156 Å². The molecule has 0 unspecified atom stereocenters. The van der Waals surface area contributed by atoms with Crippen LogP contribution >= 0.6 is 34.5 Å². The number of nitrogens with zero attached hydrogens (tertiary/aromatic N) is 2. The number of nitro groups is 1. The van der Waals surface area contributed by atoms with Crippen LogP contribution in [0, 0.1) is 10.1 Å². The van der Waals surface area contributed by atoms with Gasteiger partial charge in [-0.25, -0.2) is 4.98 Å². The third kappa shape index (κ3) is 3.96. The fourth-order valence-corrected chi connectivity index (χ4v) is 3.29. The zero-order valence-electron chi connectivity index (χ0n) is 12.4. The largest absolute Gasteiger partial charge is 0.298 e. The first-order valence-electron chi connectivity index (χ1n) is 6.91. The molecule has 0 spiro atoms. The predicted molar refractivity (Wildman–Crippen MR) is 98.6 cm³/mol. The number of non-ortho nitro benzene ring substituents is 1. The van der Waals surface area contributed by atoms with E-state index >= 15 is 0 Å². The molecule has 0 aliphatic rings. The van der Waals surface area contributed by atoms with Gasteiger partial charge in [-0.15, -0.1) is 11.3 Å². The molecule has 25 heavy (non-hydrogen) atoms. The Morgan fingerprint density at radius 3 is 2.72 bits per heavy atom. The number of hydrogen-bond donors (Lipinski definition) is 1. The lowest BCUT2D eigenvalue weighted by molar-refractivity contribution is -0.384. The maximum absolute atomic E-state index is 12.2. The van der Waals surface area contributed by atoms with E-state index in [1.165, 1.54) is 35.6 Å². The molecule has 1 N–H and O–H groups in total. The molecule has 1 aromatic heterocycles. The second-order valence-electron chi connectivity index (χ2n) is 4.92. The van der Waals surface area contributed by atoms with Crippen molar-refractivity contribution in [3.8, 4) is 11.3 Å². The van der Waals surface area contributed by atoms with E-state index in [9.17, 15) is 14.9 Å². The van der Waals surface area contributed by atoms with Crippen molar-refractivity contribution in [3.63, 3.8) is 0 Å². The van der Waals surface area contributed by atoms with Crippen molar-refractivity contribution in [3.05, 3.63) is 73.6 Å². The second-order valence-corrected chi connectivity index (χ2v) is 6.63. The van der Waals surface area contributed by atoms with Gasteiger partial charge in [-0.2, -0.15) is 0 Å². The van der Waals surface area contributed by atoms with E-state index in [2.05, 4.69) is 10.3 Å². The van der Waals surface area contributed by atoms with Crippen molar-refractivity contribution < 1.29 is 9.72 Å². The minimum atomic E-state index is -0.555. The Bertz CT molecular complexity index is 975. The van der Waals surface area contributed by atoms with Crippen molar-refractivity contribution in [2.75, 3.05) is 5.32 Å². The standard InChI is InChI=1S/C16H9Cl2N3O3S/c17-10-4-5-12(13(18)7-10)14-8-25-16(19-14)20-15(22)9-2-1-3-11(6-9)21(23)24/h1-8H,(H,19,20,22). The van der Waals surface area contributed by atoms with Crippen LogP contribution in [0.5, 0.6) is 0 Å². The van der Waals surface area contributed by atoms with E-state index in [1.807, 2.05) is 0 Å². The monoisotopic (exact) mass is 393 g/mol. The molecular formula is C16H9Cl2N3O3S. The van der Waals surface area contributed by atoms with Gasteiger partial charge in [-0.3, -0.25) is 20.2 Å². The first kappa shape index (κ1) is 17.3. The summed E-state index contributed by atoms with van der Waals surface area (Å²) in [5.74, 6) is -0.480. The number of nitrogens with one attached hydrogen (secondary N) is 1. The molecule has 0 saturated carbocycles.